The monoisotopic (exact) mass is 925 g/mol. The van der Waals surface area contributed by atoms with Crippen molar-refractivity contribution >= 4 is 41.4 Å². The Kier molecular flexibility index (Phi) is 16.7. The fraction of sp³-hybridized carbons (Fsp3) is 0.723. The largest absolute Gasteiger partial charge is 0.508 e. The van der Waals surface area contributed by atoms with E-state index in [1.54, 1.807) is 12.1 Å². The van der Waals surface area contributed by atoms with Gasteiger partial charge in [0.15, 0.2) is 0 Å². The average molecular weight is 925 g/mol. The van der Waals surface area contributed by atoms with Gasteiger partial charge in [-0.25, -0.2) is 0 Å². The van der Waals surface area contributed by atoms with Crippen LogP contribution in [0, 0.1) is 10.8 Å². The molecule has 7 unspecified atom stereocenters. The summed E-state index contributed by atoms with van der Waals surface area (Å²) < 4.78 is 0. The van der Waals surface area contributed by atoms with Crippen molar-refractivity contribution in [1.82, 2.24) is 36.4 Å². The zero-order valence-electron chi connectivity index (χ0n) is 38.6. The fourth-order valence-electron chi connectivity index (χ4n) is 10.8. The number of hydrogen-bond donors (Lipinski definition) is 10. The van der Waals surface area contributed by atoms with Gasteiger partial charge in [-0.15, -0.1) is 0 Å². The lowest BCUT2D eigenvalue weighted by Gasteiger charge is -2.53. The summed E-state index contributed by atoms with van der Waals surface area (Å²) in [5.74, 6) is -4.90. The highest BCUT2D eigenvalue weighted by atomic mass is 16.3. The number of nitrogens with zero attached hydrogens (tertiary/aromatic N) is 2. The van der Waals surface area contributed by atoms with Crippen LogP contribution in [0.2, 0.25) is 0 Å². The highest BCUT2D eigenvalue weighted by Crippen LogP contribution is 2.59. The molecule has 11 N–H and O–H groups in total. The molecule has 0 spiro atoms. The number of rotatable bonds is 11. The molecule has 7 rings (SSSR count). The maximum absolute atomic E-state index is 14.4. The molecule has 0 aromatic heterocycles. The Morgan fingerprint density at radius 2 is 1.39 bits per heavy atom. The molecule has 6 aliphatic rings. The van der Waals surface area contributed by atoms with Gasteiger partial charge < -0.3 is 62.5 Å². The van der Waals surface area contributed by atoms with E-state index in [1.807, 2.05) is 0 Å². The van der Waals surface area contributed by atoms with Crippen molar-refractivity contribution in [2.45, 2.75) is 184 Å². The molecule has 3 saturated carbocycles. The molecule has 6 fully saturated rings. The number of phenolic OH excluding ortho intramolecular Hbond substituents is 1. The topological polar surface area (TPSA) is 293 Å². The second kappa shape index (κ2) is 21.8. The number of fused-ring (bicyclic) bond motifs is 5. The maximum atomic E-state index is 14.4. The summed E-state index contributed by atoms with van der Waals surface area (Å²) in [6, 6.07) is -2.58. The first kappa shape index (κ1) is 50.6. The minimum absolute atomic E-state index is 0.0169. The molecule has 3 aliphatic heterocycles. The minimum Gasteiger partial charge on any atom is -0.508 e. The first-order valence-corrected chi connectivity index (χ1v) is 24.0. The van der Waals surface area contributed by atoms with Crippen LogP contribution in [0.3, 0.4) is 0 Å². The third-order valence-electron chi connectivity index (χ3n) is 15.0. The van der Waals surface area contributed by atoms with Crippen LogP contribution in [-0.2, 0) is 40.0 Å². The first-order valence-electron chi connectivity index (χ1n) is 24.0. The number of phenols is 1. The highest BCUT2D eigenvalue weighted by Gasteiger charge is 2.53. The number of nitrogens with two attached hydrogens (primary N) is 1. The Bertz CT molecular complexity index is 1910. The van der Waals surface area contributed by atoms with Crippen molar-refractivity contribution in [2.24, 2.45) is 16.6 Å². The van der Waals surface area contributed by atoms with Crippen molar-refractivity contribution in [3.63, 3.8) is 0 Å². The van der Waals surface area contributed by atoms with Crippen LogP contribution in [0.5, 0.6) is 5.75 Å². The number of nitrogens with one attached hydrogen (secondary N) is 5. The molecule has 66 heavy (non-hydrogen) atoms. The van der Waals surface area contributed by atoms with Crippen molar-refractivity contribution in [3.8, 4) is 5.75 Å². The highest BCUT2D eigenvalue weighted by molar-refractivity contribution is 5.98. The Hall–Kier alpha value is -4.85. The lowest BCUT2D eigenvalue weighted by Crippen LogP contribution is -2.62. The van der Waals surface area contributed by atoms with Crippen LogP contribution in [-0.4, -0.2) is 152 Å². The molecular weight excluding hydrogens is 853 g/mol. The molecule has 2 bridgehead atoms. The van der Waals surface area contributed by atoms with Gasteiger partial charge in [0.1, 0.15) is 42.0 Å². The number of carbonyl (C=O) groups is 7. The summed E-state index contributed by atoms with van der Waals surface area (Å²) in [6.45, 7) is 4.42. The Morgan fingerprint density at radius 3 is 2.00 bits per heavy atom. The standard InChI is InChI=1S/C47H72N8O11/c1-4-5-6-15-46-16-19-47(20-17-46,21-18-46)45(66)51-33-8-7-22-49-41(62)35-23-30(48)25-54(35)43(64)37(27(2)56)53-40(61)34(14-11-29-9-12-31(58)13-10-29)50-42(63)36-24-32(59)26-55(36)44(65)38(28(3)57)52-39(33)60/h9-10,12-13,27-28,30,32-38,56-59H,4-8,11,14-26,48H2,1-3H3,(H,49,62)(H,50,63)(H,51,66)(H,52,60)(H,53,61)/t27?,28?,30-,32+,33-,34?,35?,36?,37?,38?,46?,47?/m0/s1. The molecule has 10 atom stereocenters. The number of unbranched alkanes of at least 4 members (excludes halogenated alkanes) is 2. The SMILES string of the molecule is CCCCCC12CCC(C(=O)N[C@H]3CCCNC(=O)C4C[C@H](N)CN4C(=O)C(C(C)O)NC(=O)C(CCc4ccc(O)cc4)NC(=O)C4C[C@@H](O)CN4C(=O)C(C(C)O)NC3=O)(CC1)CC2. The molecule has 19 nitrogen and oxygen atoms in total. The molecule has 0 radical (unpaired) electrons. The van der Waals surface area contributed by atoms with Gasteiger partial charge in [-0.3, -0.25) is 33.6 Å². The molecule has 366 valence electrons. The number of benzene rings is 1. The van der Waals surface area contributed by atoms with E-state index in [9.17, 15) is 54.0 Å². The molecule has 1 aromatic carbocycles. The normalized spacial score (nSPS) is 33.7. The third-order valence-corrected chi connectivity index (χ3v) is 15.0. The molecule has 19 heteroatoms. The number of amides is 7. The average Bonchev–Trinajstić information content (AvgIpc) is 3.89. The van der Waals surface area contributed by atoms with Crippen molar-refractivity contribution in [2.75, 3.05) is 19.6 Å². The van der Waals surface area contributed by atoms with E-state index in [4.69, 9.17) is 5.73 Å². The van der Waals surface area contributed by atoms with Crippen LogP contribution in [0.4, 0.5) is 0 Å². The van der Waals surface area contributed by atoms with Crippen molar-refractivity contribution in [1.29, 1.82) is 0 Å². The van der Waals surface area contributed by atoms with E-state index in [2.05, 4.69) is 33.5 Å². The van der Waals surface area contributed by atoms with Gasteiger partial charge in [-0.1, -0.05) is 38.3 Å². The maximum Gasteiger partial charge on any atom is 0.248 e. The van der Waals surface area contributed by atoms with Gasteiger partial charge in [-0.05, 0) is 114 Å². The minimum atomic E-state index is -1.61. The van der Waals surface area contributed by atoms with E-state index in [0.29, 0.717) is 24.8 Å². The van der Waals surface area contributed by atoms with Crippen molar-refractivity contribution in [3.05, 3.63) is 29.8 Å². The van der Waals surface area contributed by atoms with E-state index < -0.39 is 101 Å². The number of aromatic hydroxyl groups is 1. The Balaban J connectivity index is 1.29. The Labute approximate surface area is 386 Å². The zero-order valence-corrected chi connectivity index (χ0v) is 38.6. The second-order valence-electron chi connectivity index (χ2n) is 19.8. The molecule has 7 amide bonds. The zero-order chi connectivity index (χ0) is 47.9. The lowest BCUT2D eigenvalue weighted by molar-refractivity contribution is -0.146. The first-order chi connectivity index (χ1) is 31.4. The van der Waals surface area contributed by atoms with Crippen LogP contribution in [0.1, 0.15) is 123 Å². The smallest absolute Gasteiger partial charge is 0.248 e. The van der Waals surface area contributed by atoms with Gasteiger partial charge in [0, 0.05) is 37.5 Å². The molecule has 3 saturated heterocycles. The second-order valence-corrected chi connectivity index (χ2v) is 19.8. The van der Waals surface area contributed by atoms with E-state index >= 15 is 0 Å². The molecule has 1 aromatic rings. The van der Waals surface area contributed by atoms with E-state index in [-0.39, 0.29) is 75.2 Å². The van der Waals surface area contributed by atoms with Crippen LogP contribution < -0.4 is 32.3 Å². The molecule has 3 heterocycles. The quantitative estimate of drug-likeness (QED) is 0.129. The van der Waals surface area contributed by atoms with Gasteiger partial charge in [-0.2, -0.15) is 0 Å². The lowest BCUT2D eigenvalue weighted by atomic mass is 9.52. The van der Waals surface area contributed by atoms with Gasteiger partial charge in [0.25, 0.3) is 0 Å². The summed E-state index contributed by atoms with van der Waals surface area (Å²) in [4.78, 5) is 102. The number of carbonyl (C=O) groups excluding carboxylic acids is 7. The van der Waals surface area contributed by atoms with Crippen LogP contribution >= 0.6 is 0 Å². The van der Waals surface area contributed by atoms with Crippen LogP contribution in [0.25, 0.3) is 0 Å². The number of hydrogen-bond acceptors (Lipinski definition) is 12. The fourth-order valence-corrected chi connectivity index (χ4v) is 10.8. The summed E-state index contributed by atoms with van der Waals surface area (Å²) in [6.07, 6.45) is 5.51. The number of aliphatic hydroxyl groups excluding tert-OH is 3. The van der Waals surface area contributed by atoms with E-state index in [1.165, 1.54) is 37.3 Å². The summed E-state index contributed by atoms with van der Waals surface area (Å²) >= 11 is 0. The predicted molar refractivity (Wildman–Crippen MR) is 241 cm³/mol. The van der Waals surface area contributed by atoms with Gasteiger partial charge in [0.2, 0.25) is 41.4 Å². The van der Waals surface area contributed by atoms with E-state index in [0.717, 1.165) is 43.4 Å². The summed E-state index contributed by atoms with van der Waals surface area (Å²) in [7, 11) is 0. The molecule has 3 aliphatic carbocycles. The number of aliphatic hydroxyl groups is 3. The third kappa shape index (κ3) is 11.8. The number of aryl methyl sites for hydroxylation is 1. The van der Waals surface area contributed by atoms with Gasteiger partial charge >= 0.3 is 0 Å². The summed E-state index contributed by atoms with van der Waals surface area (Å²) in [5, 5.41) is 56.3. The van der Waals surface area contributed by atoms with Gasteiger partial charge in [0.05, 0.1) is 18.3 Å². The van der Waals surface area contributed by atoms with Crippen LogP contribution in [0.15, 0.2) is 24.3 Å². The summed E-state index contributed by atoms with van der Waals surface area (Å²) in [5.41, 5.74) is 6.54. The molecular formula is C47H72N8O11. The predicted octanol–water partition coefficient (Wildman–Crippen LogP) is -0.253. The van der Waals surface area contributed by atoms with Crippen molar-refractivity contribution < 1.29 is 54.0 Å². The Morgan fingerprint density at radius 1 is 0.803 bits per heavy atom.